The summed E-state index contributed by atoms with van der Waals surface area (Å²) in [6.45, 7) is 9.01. The molecule has 0 aliphatic heterocycles. The second-order valence-corrected chi connectivity index (χ2v) is 6.94. The van der Waals surface area contributed by atoms with Gasteiger partial charge in [0.05, 0.1) is 17.0 Å². The summed E-state index contributed by atoms with van der Waals surface area (Å²) >= 11 is 0. The van der Waals surface area contributed by atoms with Crippen LogP contribution in [0.4, 0.5) is 4.39 Å². The highest BCUT2D eigenvalue weighted by molar-refractivity contribution is 5.76. The molecule has 1 aromatic heterocycles. The normalized spacial score (nSPS) is 12.0. The average molecular weight is 330 g/mol. The fourth-order valence-electron chi connectivity index (χ4n) is 1.08. The van der Waals surface area contributed by atoms with Crippen LogP contribution < -0.4 is 20.9 Å². The largest absolute Gasteiger partial charge is 0.398 e. The third-order valence-corrected chi connectivity index (χ3v) is 2.56. The van der Waals surface area contributed by atoms with E-state index in [4.69, 9.17) is 4.84 Å². The molecule has 0 fully saturated rings. The van der Waals surface area contributed by atoms with Crippen molar-refractivity contribution in [3.8, 4) is 0 Å². The Labute approximate surface area is 131 Å². The fourth-order valence-corrected chi connectivity index (χ4v) is 1.08. The first kappa shape index (κ1) is 18.6. The van der Waals surface area contributed by atoms with E-state index in [9.17, 15) is 23.6 Å². The summed E-state index contributed by atoms with van der Waals surface area (Å²) in [4.78, 5) is 56.6. The zero-order valence-electron chi connectivity index (χ0n) is 13.8. The molecule has 0 spiro atoms. The third-order valence-electron chi connectivity index (χ3n) is 2.56. The van der Waals surface area contributed by atoms with Crippen molar-refractivity contribution in [2.75, 3.05) is 0 Å². The summed E-state index contributed by atoms with van der Waals surface area (Å²) < 4.78 is 13.8. The maximum atomic E-state index is 13.6. The van der Waals surface area contributed by atoms with Gasteiger partial charge in [0.15, 0.2) is 0 Å². The first-order chi connectivity index (χ1) is 10.2. The molecule has 23 heavy (non-hydrogen) atoms. The molecule has 0 saturated carbocycles. The molecular weight excluding hydrogens is 311 g/mol. The molecule has 0 atom stereocenters. The van der Waals surface area contributed by atoms with Crippen molar-refractivity contribution >= 4 is 11.9 Å². The Kier molecular flexibility index (Phi) is 4.83. The maximum Gasteiger partial charge on any atom is 0.398 e. The van der Waals surface area contributed by atoms with Gasteiger partial charge in [0.25, 0.3) is 0 Å². The van der Waals surface area contributed by atoms with Crippen molar-refractivity contribution in [3.05, 3.63) is 32.9 Å². The summed E-state index contributed by atoms with van der Waals surface area (Å²) in [5.74, 6) is -3.20. The van der Waals surface area contributed by atoms with Gasteiger partial charge in [-0.2, -0.15) is 4.39 Å². The Morgan fingerprint density at radius 3 is 1.83 bits per heavy atom. The maximum absolute atomic E-state index is 13.6. The average Bonchev–Trinajstić information content (AvgIpc) is 2.38. The van der Waals surface area contributed by atoms with E-state index in [1.165, 1.54) is 41.5 Å². The van der Waals surface area contributed by atoms with Crippen molar-refractivity contribution < 1.29 is 23.7 Å². The van der Waals surface area contributed by atoms with Gasteiger partial charge in [0.2, 0.25) is 5.82 Å². The van der Waals surface area contributed by atoms with E-state index >= 15 is 0 Å². The molecule has 8 nitrogen and oxygen atoms in total. The van der Waals surface area contributed by atoms with Crippen LogP contribution in [0.1, 0.15) is 41.5 Å². The molecule has 0 aliphatic carbocycles. The van der Waals surface area contributed by atoms with E-state index in [2.05, 4.69) is 4.84 Å². The topological polar surface area (TPSA) is 96.6 Å². The van der Waals surface area contributed by atoms with Crippen LogP contribution in [-0.2, 0) is 9.59 Å². The third kappa shape index (κ3) is 4.27. The Bertz CT molecular complexity index is 748. The lowest BCUT2D eigenvalue weighted by Gasteiger charge is -2.18. The van der Waals surface area contributed by atoms with Gasteiger partial charge in [-0.1, -0.05) is 4.73 Å². The molecule has 0 N–H and O–H groups in total. The van der Waals surface area contributed by atoms with Crippen LogP contribution in [0, 0.1) is 16.6 Å². The van der Waals surface area contributed by atoms with Gasteiger partial charge in [-0.25, -0.2) is 14.4 Å². The van der Waals surface area contributed by atoms with Crippen molar-refractivity contribution in [3.63, 3.8) is 0 Å². The van der Waals surface area contributed by atoms with Crippen LogP contribution in [-0.4, -0.2) is 21.4 Å². The van der Waals surface area contributed by atoms with Gasteiger partial charge in [0, 0.05) is 0 Å². The highest BCUT2D eigenvalue weighted by Gasteiger charge is 2.28. The number of rotatable bonds is 2. The molecule has 1 heterocycles. The number of hydrogen-bond acceptors (Lipinski definition) is 6. The van der Waals surface area contributed by atoms with Gasteiger partial charge in [-0.05, 0) is 41.5 Å². The van der Waals surface area contributed by atoms with Crippen molar-refractivity contribution in [1.29, 1.82) is 0 Å². The zero-order valence-corrected chi connectivity index (χ0v) is 13.8. The van der Waals surface area contributed by atoms with Crippen LogP contribution in [0.25, 0.3) is 0 Å². The lowest BCUT2D eigenvalue weighted by atomic mass is 9.98. The second kappa shape index (κ2) is 5.98. The van der Waals surface area contributed by atoms with E-state index in [1.807, 2.05) is 0 Å². The summed E-state index contributed by atoms with van der Waals surface area (Å²) in [5, 5.41) is 0. The van der Waals surface area contributed by atoms with Crippen LogP contribution in [0.2, 0.25) is 0 Å². The monoisotopic (exact) mass is 330 g/mol. The van der Waals surface area contributed by atoms with E-state index in [0.717, 1.165) is 0 Å². The molecule has 0 unspecified atom stereocenters. The minimum atomic E-state index is -1.46. The van der Waals surface area contributed by atoms with E-state index in [0.29, 0.717) is 6.20 Å². The Morgan fingerprint density at radius 2 is 1.39 bits per heavy atom. The number of carbonyl (C=O) groups is 2. The molecule has 9 heteroatoms. The quantitative estimate of drug-likeness (QED) is 0.766. The number of hydrogen-bond donors (Lipinski definition) is 0. The first-order valence-corrected chi connectivity index (χ1v) is 6.75. The van der Waals surface area contributed by atoms with Crippen LogP contribution in [0.15, 0.2) is 15.8 Å². The number of carbonyl (C=O) groups excluding carboxylic acids is 2. The standard InChI is InChI=1S/C14H19FN2O6/c1-13(2,3)10(19)22-16-7-8(15)9(18)17(12(16)21)23-11(20)14(4,5)6/h7H,1-6H3. The Hall–Kier alpha value is -2.45. The van der Waals surface area contributed by atoms with Crippen LogP contribution in [0.5, 0.6) is 0 Å². The predicted octanol–water partition coefficient (Wildman–Crippen LogP) is 0.152. The second-order valence-electron chi connectivity index (χ2n) is 6.94. The highest BCUT2D eigenvalue weighted by atomic mass is 19.1. The highest BCUT2D eigenvalue weighted by Crippen LogP contribution is 2.14. The van der Waals surface area contributed by atoms with Crippen LogP contribution in [0.3, 0.4) is 0 Å². The number of nitrogens with zero attached hydrogens (tertiary/aromatic N) is 2. The SMILES string of the molecule is CC(C)(C)C(=O)On1cc(F)c(=O)n(OC(=O)C(C)(C)C)c1=O. The van der Waals surface area contributed by atoms with Gasteiger partial charge < -0.3 is 9.68 Å². The Morgan fingerprint density at radius 1 is 0.957 bits per heavy atom. The smallest absolute Gasteiger partial charge is 0.331 e. The van der Waals surface area contributed by atoms with Gasteiger partial charge in [0.1, 0.15) is 0 Å². The Balaban J connectivity index is 3.34. The van der Waals surface area contributed by atoms with Crippen molar-refractivity contribution in [2.45, 2.75) is 41.5 Å². The summed E-state index contributed by atoms with van der Waals surface area (Å²) in [7, 11) is 0. The molecular formula is C14H19FN2O6. The molecule has 0 bridgehead atoms. The molecule has 0 aromatic carbocycles. The lowest BCUT2D eigenvalue weighted by molar-refractivity contribution is -0.157. The molecule has 0 radical (unpaired) electrons. The molecule has 1 aromatic rings. The summed E-state index contributed by atoms with van der Waals surface area (Å²) in [5.41, 5.74) is -4.79. The number of aromatic nitrogens is 2. The van der Waals surface area contributed by atoms with Crippen molar-refractivity contribution in [2.24, 2.45) is 10.8 Å². The first-order valence-electron chi connectivity index (χ1n) is 6.75. The zero-order chi connectivity index (χ0) is 18.2. The van der Waals surface area contributed by atoms with Gasteiger partial charge >= 0.3 is 23.2 Å². The molecule has 0 amide bonds. The molecule has 128 valence electrons. The number of halogens is 1. The predicted molar refractivity (Wildman–Crippen MR) is 77.0 cm³/mol. The summed E-state index contributed by atoms with van der Waals surface area (Å²) in [6.07, 6.45) is 0.412. The van der Waals surface area contributed by atoms with E-state index in [1.54, 1.807) is 0 Å². The minimum Gasteiger partial charge on any atom is -0.331 e. The van der Waals surface area contributed by atoms with Gasteiger partial charge in [-0.3, -0.25) is 4.79 Å². The minimum absolute atomic E-state index is 0.0845. The fraction of sp³-hybridized carbons (Fsp3) is 0.571. The lowest BCUT2D eigenvalue weighted by Crippen LogP contribution is -2.50. The molecule has 0 aliphatic rings. The molecule has 0 saturated heterocycles. The van der Waals surface area contributed by atoms with Crippen molar-refractivity contribution in [1.82, 2.24) is 9.46 Å². The summed E-state index contributed by atoms with van der Waals surface area (Å²) in [6, 6.07) is 0. The van der Waals surface area contributed by atoms with E-state index in [-0.39, 0.29) is 9.46 Å². The van der Waals surface area contributed by atoms with Gasteiger partial charge in [-0.15, -0.1) is 4.73 Å². The van der Waals surface area contributed by atoms with E-state index < -0.39 is 39.8 Å². The molecule has 1 rings (SSSR count). The van der Waals surface area contributed by atoms with Crippen LogP contribution >= 0.6 is 0 Å².